The Morgan fingerprint density at radius 2 is 1.91 bits per heavy atom. The van der Waals surface area contributed by atoms with E-state index in [1.165, 1.54) is 43.5 Å². The van der Waals surface area contributed by atoms with Crippen LogP contribution in [0.1, 0.15) is 0 Å². The second-order valence-corrected chi connectivity index (χ2v) is 6.49. The predicted octanol–water partition coefficient (Wildman–Crippen LogP) is 3.13. The second kappa shape index (κ2) is 6.32. The Balaban J connectivity index is 2.33. The van der Waals surface area contributed by atoms with Crippen LogP contribution in [0.3, 0.4) is 0 Å². The molecule has 0 radical (unpaired) electrons. The fourth-order valence-electron chi connectivity index (χ4n) is 1.63. The molecule has 7 nitrogen and oxygen atoms in total. The van der Waals surface area contributed by atoms with E-state index in [1.54, 1.807) is 0 Å². The number of nitro groups is 1. The molecule has 2 aromatic carbocycles. The third-order valence-corrected chi connectivity index (χ3v) is 4.51. The van der Waals surface area contributed by atoms with E-state index in [0.717, 1.165) is 6.07 Å². The summed E-state index contributed by atoms with van der Waals surface area (Å²) in [4.78, 5) is 9.94. The number of hydrogen-bond donors (Lipinski definition) is 0. The van der Waals surface area contributed by atoms with Crippen molar-refractivity contribution in [3.8, 4) is 11.5 Å². The monoisotopic (exact) mass is 387 g/mol. The summed E-state index contributed by atoms with van der Waals surface area (Å²) in [5, 5.41) is 10.7. The summed E-state index contributed by atoms with van der Waals surface area (Å²) < 4.78 is 34.7. The smallest absolute Gasteiger partial charge is 0.339 e. The predicted molar refractivity (Wildman–Crippen MR) is 81.6 cm³/mol. The van der Waals surface area contributed by atoms with Crippen LogP contribution in [0.15, 0.2) is 51.8 Å². The molecule has 0 aromatic heterocycles. The summed E-state index contributed by atoms with van der Waals surface area (Å²) in [6.45, 7) is 0. The highest BCUT2D eigenvalue weighted by Crippen LogP contribution is 2.29. The van der Waals surface area contributed by atoms with E-state index < -0.39 is 15.0 Å². The molecule has 22 heavy (non-hydrogen) atoms. The maximum atomic E-state index is 12.2. The summed E-state index contributed by atoms with van der Waals surface area (Å²) in [5.74, 6) is 0.329. The zero-order valence-corrected chi connectivity index (χ0v) is 13.6. The highest BCUT2D eigenvalue weighted by atomic mass is 79.9. The van der Waals surface area contributed by atoms with E-state index in [0.29, 0.717) is 10.2 Å². The van der Waals surface area contributed by atoms with Crippen molar-refractivity contribution in [1.29, 1.82) is 0 Å². The van der Waals surface area contributed by atoms with Gasteiger partial charge in [0.1, 0.15) is 16.4 Å². The Labute approximate surface area is 134 Å². The first-order chi connectivity index (χ1) is 10.3. The van der Waals surface area contributed by atoms with Crippen molar-refractivity contribution in [1.82, 2.24) is 0 Å². The molecule has 0 heterocycles. The molecule has 0 aliphatic carbocycles. The Morgan fingerprint density at radius 3 is 2.50 bits per heavy atom. The molecular formula is C13H10BrNO6S. The van der Waals surface area contributed by atoms with Gasteiger partial charge in [-0.3, -0.25) is 10.1 Å². The molecule has 0 aliphatic heterocycles. The van der Waals surface area contributed by atoms with Crippen LogP contribution >= 0.6 is 15.9 Å². The Hall–Kier alpha value is -2.13. The third-order valence-electron chi connectivity index (χ3n) is 2.65. The van der Waals surface area contributed by atoms with Crippen LogP contribution < -0.4 is 8.92 Å². The maximum absolute atomic E-state index is 12.2. The lowest BCUT2D eigenvalue weighted by molar-refractivity contribution is -0.384. The molecule has 0 unspecified atom stereocenters. The first kappa shape index (κ1) is 16.2. The Bertz CT molecular complexity index is 821. The van der Waals surface area contributed by atoms with Gasteiger partial charge in [0.05, 0.1) is 22.6 Å². The molecule has 116 valence electrons. The number of non-ortho nitro benzene ring substituents is 1. The van der Waals surface area contributed by atoms with Crippen molar-refractivity contribution >= 4 is 31.7 Å². The van der Waals surface area contributed by atoms with Crippen LogP contribution in [0.25, 0.3) is 0 Å². The molecule has 0 fully saturated rings. The van der Waals surface area contributed by atoms with Crippen LogP contribution in [0.5, 0.6) is 11.5 Å². The van der Waals surface area contributed by atoms with Crippen molar-refractivity contribution < 1.29 is 22.3 Å². The molecular weight excluding hydrogens is 378 g/mol. The van der Waals surface area contributed by atoms with Gasteiger partial charge in [-0.25, -0.2) is 0 Å². The number of hydrogen-bond acceptors (Lipinski definition) is 6. The number of rotatable bonds is 5. The van der Waals surface area contributed by atoms with E-state index >= 15 is 0 Å². The molecule has 0 spiro atoms. The quantitative estimate of drug-likeness (QED) is 0.444. The number of ether oxygens (including phenoxy) is 1. The van der Waals surface area contributed by atoms with Crippen molar-refractivity contribution in [3.63, 3.8) is 0 Å². The lowest BCUT2D eigenvalue weighted by atomic mass is 10.3. The molecule has 9 heteroatoms. The molecule has 0 amide bonds. The van der Waals surface area contributed by atoms with Gasteiger partial charge in [0.2, 0.25) is 0 Å². The maximum Gasteiger partial charge on any atom is 0.339 e. The summed E-state index contributed by atoms with van der Waals surface area (Å²) in [7, 11) is -2.66. The van der Waals surface area contributed by atoms with Gasteiger partial charge >= 0.3 is 10.1 Å². The first-order valence-electron chi connectivity index (χ1n) is 5.86. The van der Waals surface area contributed by atoms with Gasteiger partial charge in [0.15, 0.2) is 0 Å². The summed E-state index contributed by atoms with van der Waals surface area (Å²) in [6.07, 6.45) is 0. The van der Waals surface area contributed by atoms with Gasteiger partial charge in [0, 0.05) is 6.07 Å². The van der Waals surface area contributed by atoms with Crippen molar-refractivity contribution in [2.24, 2.45) is 0 Å². The minimum absolute atomic E-state index is 0.105. The number of halogens is 1. The lowest BCUT2D eigenvalue weighted by Gasteiger charge is -2.09. The van der Waals surface area contributed by atoms with E-state index in [-0.39, 0.29) is 16.3 Å². The first-order valence-corrected chi connectivity index (χ1v) is 8.06. The normalized spacial score (nSPS) is 11.0. The number of methoxy groups -OCH3 is 1. The topological polar surface area (TPSA) is 95.7 Å². The molecule has 0 bridgehead atoms. The van der Waals surface area contributed by atoms with Gasteiger partial charge in [-0.15, -0.1) is 0 Å². The van der Waals surface area contributed by atoms with Gasteiger partial charge in [-0.1, -0.05) is 6.07 Å². The fraction of sp³-hybridized carbons (Fsp3) is 0.0769. The highest BCUT2D eigenvalue weighted by molar-refractivity contribution is 9.10. The fourth-order valence-corrected chi connectivity index (χ4v) is 3.27. The van der Waals surface area contributed by atoms with Crippen molar-refractivity contribution in [3.05, 3.63) is 57.1 Å². The molecule has 2 aromatic rings. The molecule has 2 rings (SSSR count). The van der Waals surface area contributed by atoms with Crippen LogP contribution in [0.4, 0.5) is 5.69 Å². The zero-order valence-electron chi connectivity index (χ0n) is 11.2. The number of nitrogens with zero attached hydrogens (tertiary/aromatic N) is 1. The molecule has 0 aliphatic rings. The van der Waals surface area contributed by atoms with E-state index in [9.17, 15) is 18.5 Å². The molecule has 0 N–H and O–H groups in total. The van der Waals surface area contributed by atoms with Crippen molar-refractivity contribution in [2.45, 2.75) is 4.90 Å². The van der Waals surface area contributed by atoms with E-state index in [4.69, 9.17) is 8.92 Å². The third kappa shape index (κ3) is 3.55. The minimum Gasteiger partial charge on any atom is -0.496 e. The largest absolute Gasteiger partial charge is 0.496 e. The van der Waals surface area contributed by atoms with Crippen LogP contribution in [-0.4, -0.2) is 20.5 Å². The molecule has 0 atom stereocenters. The number of nitro benzene ring substituents is 1. The Kier molecular flexibility index (Phi) is 4.67. The number of benzene rings is 2. The van der Waals surface area contributed by atoms with Crippen molar-refractivity contribution in [2.75, 3.05) is 7.11 Å². The summed E-state index contributed by atoms with van der Waals surface area (Å²) >= 11 is 3.18. The standard InChI is InChI=1S/C13H10BrNO6S/c1-20-13-6-5-11(8-12(13)14)22(18,19)21-10-4-2-3-9(7-10)15(16)17/h2-8H,1H3. The van der Waals surface area contributed by atoms with Gasteiger partial charge in [-0.05, 0) is 40.2 Å². The Morgan fingerprint density at radius 1 is 1.18 bits per heavy atom. The van der Waals surface area contributed by atoms with E-state index in [2.05, 4.69) is 15.9 Å². The second-order valence-electron chi connectivity index (χ2n) is 4.09. The van der Waals surface area contributed by atoms with Crippen LogP contribution in [0, 0.1) is 10.1 Å². The van der Waals surface area contributed by atoms with Gasteiger partial charge < -0.3 is 8.92 Å². The molecule has 0 saturated carbocycles. The van der Waals surface area contributed by atoms with Gasteiger partial charge in [0.25, 0.3) is 5.69 Å². The highest BCUT2D eigenvalue weighted by Gasteiger charge is 2.19. The average Bonchev–Trinajstić information content (AvgIpc) is 2.47. The average molecular weight is 388 g/mol. The SMILES string of the molecule is COc1ccc(S(=O)(=O)Oc2cccc([N+](=O)[O-])c2)cc1Br. The van der Waals surface area contributed by atoms with Crippen LogP contribution in [-0.2, 0) is 10.1 Å². The summed E-state index contributed by atoms with van der Waals surface area (Å²) in [6, 6.07) is 9.05. The molecule has 0 saturated heterocycles. The van der Waals surface area contributed by atoms with Gasteiger partial charge in [-0.2, -0.15) is 8.42 Å². The summed E-state index contributed by atoms with van der Waals surface area (Å²) in [5.41, 5.74) is -0.261. The zero-order chi connectivity index (χ0) is 16.3. The minimum atomic E-state index is -4.11. The lowest BCUT2D eigenvalue weighted by Crippen LogP contribution is -2.10. The van der Waals surface area contributed by atoms with E-state index in [1.807, 2.05) is 0 Å². The van der Waals surface area contributed by atoms with Crippen LogP contribution in [0.2, 0.25) is 0 Å².